The fourth-order valence-electron chi connectivity index (χ4n) is 2.04. The number of benzene rings is 2. The molecule has 1 N–H and O–H groups in total. The van der Waals surface area contributed by atoms with Crippen LogP contribution in [0.2, 0.25) is 5.02 Å². The highest BCUT2D eigenvalue weighted by atomic mass is 79.9. The molecule has 0 saturated carbocycles. The molecule has 2 aromatic carbocycles. The Morgan fingerprint density at radius 2 is 1.95 bits per heavy atom. The molecule has 0 saturated heterocycles. The molecule has 20 heavy (non-hydrogen) atoms. The van der Waals surface area contributed by atoms with Gasteiger partial charge in [0.25, 0.3) is 0 Å². The second-order valence-electron chi connectivity index (χ2n) is 4.33. The van der Waals surface area contributed by atoms with Crippen LogP contribution >= 0.6 is 27.5 Å². The zero-order valence-corrected chi connectivity index (χ0v) is 13.1. The standard InChI is InChI=1S/C15H13BrClF2N/c1-2-20-15(9-3-6-14(19)12(16)7-9)11-5-4-10(18)8-13(11)17/h3-8,15,20H,2H2,1H3. The molecule has 0 radical (unpaired) electrons. The average Bonchev–Trinajstić information content (AvgIpc) is 2.40. The lowest BCUT2D eigenvalue weighted by atomic mass is 9.98. The van der Waals surface area contributed by atoms with E-state index >= 15 is 0 Å². The van der Waals surface area contributed by atoms with Crippen LogP contribution in [0.4, 0.5) is 8.78 Å². The number of hydrogen-bond acceptors (Lipinski definition) is 1. The van der Waals surface area contributed by atoms with E-state index in [1.54, 1.807) is 18.2 Å². The Morgan fingerprint density at radius 1 is 1.20 bits per heavy atom. The minimum absolute atomic E-state index is 0.218. The van der Waals surface area contributed by atoms with Gasteiger partial charge in [-0.05, 0) is 57.9 Å². The molecule has 0 aliphatic heterocycles. The van der Waals surface area contributed by atoms with Gasteiger partial charge in [-0.2, -0.15) is 0 Å². The van der Waals surface area contributed by atoms with E-state index in [0.717, 1.165) is 11.1 Å². The quantitative estimate of drug-likeness (QED) is 0.802. The summed E-state index contributed by atoms with van der Waals surface area (Å²) in [6.07, 6.45) is 0. The molecule has 2 aromatic rings. The van der Waals surface area contributed by atoms with E-state index in [9.17, 15) is 8.78 Å². The van der Waals surface area contributed by atoms with E-state index in [0.29, 0.717) is 16.0 Å². The van der Waals surface area contributed by atoms with Crippen molar-refractivity contribution < 1.29 is 8.78 Å². The number of rotatable bonds is 4. The van der Waals surface area contributed by atoms with E-state index in [4.69, 9.17) is 11.6 Å². The third kappa shape index (κ3) is 3.37. The van der Waals surface area contributed by atoms with Crippen molar-refractivity contribution in [3.8, 4) is 0 Å². The van der Waals surface area contributed by atoms with Gasteiger partial charge in [-0.3, -0.25) is 0 Å². The van der Waals surface area contributed by atoms with Gasteiger partial charge < -0.3 is 5.32 Å². The molecule has 2 rings (SSSR count). The van der Waals surface area contributed by atoms with Crippen LogP contribution in [-0.4, -0.2) is 6.54 Å². The molecule has 0 fully saturated rings. The largest absolute Gasteiger partial charge is 0.306 e. The van der Waals surface area contributed by atoms with Gasteiger partial charge >= 0.3 is 0 Å². The number of hydrogen-bond donors (Lipinski definition) is 1. The fourth-order valence-corrected chi connectivity index (χ4v) is 2.71. The first-order chi connectivity index (χ1) is 9.52. The van der Waals surface area contributed by atoms with Crippen LogP contribution in [-0.2, 0) is 0 Å². The fraction of sp³-hybridized carbons (Fsp3) is 0.200. The summed E-state index contributed by atoms with van der Waals surface area (Å²) < 4.78 is 26.9. The molecule has 1 nitrogen and oxygen atoms in total. The predicted molar refractivity (Wildman–Crippen MR) is 81.0 cm³/mol. The van der Waals surface area contributed by atoms with Gasteiger partial charge in [0.1, 0.15) is 11.6 Å². The lowest BCUT2D eigenvalue weighted by molar-refractivity contribution is 0.604. The molecule has 0 amide bonds. The second kappa shape index (κ2) is 6.66. The molecule has 0 heterocycles. The topological polar surface area (TPSA) is 12.0 Å². The maximum Gasteiger partial charge on any atom is 0.137 e. The summed E-state index contributed by atoms with van der Waals surface area (Å²) in [7, 11) is 0. The summed E-state index contributed by atoms with van der Waals surface area (Å²) in [4.78, 5) is 0. The van der Waals surface area contributed by atoms with Crippen molar-refractivity contribution in [2.75, 3.05) is 6.54 Å². The molecule has 106 valence electrons. The zero-order valence-electron chi connectivity index (χ0n) is 10.8. The summed E-state index contributed by atoms with van der Waals surface area (Å²) >= 11 is 9.29. The van der Waals surface area contributed by atoms with Crippen LogP contribution in [0.25, 0.3) is 0 Å². The molecule has 0 bridgehead atoms. The van der Waals surface area contributed by atoms with Crippen molar-refractivity contribution in [2.24, 2.45) is 0 Å². The third-order valence-electron chi connectivity index (χ3n) is 2.96. The van der Waals surface area contributed by atoms with Crippen LogP contribution in [0.15, 0.2) is 40.9 Å². The van der Waals surface area contributed by atoms with Gasteiger partial charge in [-0.1, -0.05) is 30.7 Å². The molecule has 5 heteroatoms. The SMILES string of the molecule is CCNC(c1ccc(F)c(Br)c1)c1ccc(F)cc1Cl. The van der Waals surface area contributed by atoms with Gasteiger partial charge in [0.05, 0.1) is 10.5 Å². The highest BCUT2D eigenvalue weighted by Crippen LogP contribution is 2.31. The summed E-state index contributed by atoms with van der Waals surface area (Å²) in [6.45, 7) is 2.66. The summed E-state index contributed by atoms with van der Waals surface area (Å²) in [5.41, 5.74) is 1.61. The highest BCUT2D eigenvalue weighted by molar-refractivity contribution is 9.10. The lowest BCUT2D eigenvalue weighted by Crippen LogP contribution is -2.22. The van der Waals surface area contributed by atoms with Crippen molar-refractivity contribution in [3.63, 3.8) is 0 Å². The van der Waals surface area contributed by atoms with Crippen molar-refractivity contribution in [1.82, 2.24) is 5.32 Å². The minimum Gasteiger partial charge on any atom is -0.306 e. The molecule has 1 atom stereocenters. The van der Waals surface area contributed by atoms with Crippen LogP contribution in [0.5, 0.6) is 0 Å². The van der Waals surface area contributed by atoms with Gasteiger partial charge in [-0.25, -0.2) is 8.78 Å². The molecule has 0 aliphatic rings. The van der Waals surface area contributed by atoms with E-state index < -0.39 is 0 Å². The van der Waals surface area contributed by atoms with E-state index in [2.05, 4.69) is 21.2 Å². The molecular weight excluding hydrogens is 348 g/mol. The molecule has 0 aromatic heterocycles. The smallest absolute Gasteiger partial charge is 0.137 e. The highest BCUT2D eigenvalue weighted by Gasteiger charge is 2.17. The predicted octanol–water partition coefficient (Wildman–Crippen LogP) is 5.08. The van der Waals surface area contributed by atoms with Gasteiger partial charge in [-0.15, -0.1) is 0 Å². The Balaban J connectivity index is 2.47. The first-order valence-electron chi connectivity index (χ1n) is 6.16. The number of nitrogens with one attached hydrogen (secondary N) is 1. The Morgan fingerprint density at radius 3 is 2.55 bits per heavy atom. The maximum atomic E-state index is 13.3. The zero-order chi connectivity index (χ0) is 14.7. The third-order valence-corrected chi connectivity index (χ3v) is 3.89. The van der Waals surface area contributed by atoms with Crippen molar-refractivity contribution in [2.45, 2.75) is 13.0 Å². The Kier molecular flexibility index (Phi) is 5.13. The molecule has 0 spiro atoms. The Labute approximate surface area is 130 Å². The summed E-state index contributed by atoms with van der Waals surface area (Å²) in [6, 6.07) is 8.84. The number of halogens is 4. The van der Waals surface area contributed by atoms with Crippen LogP contribution in [0, 0.1) is 11.6 Å². The van der Waals surface area contributed by atoms with Crippen molar-refractivity contribution in [1.29, 1.82) is 0 Å². The van der Waals surface area contributed by atoms with E-state index in [1.165, 1.54) is 18.2 Å². The second-order valence-corrected chi connectivity index (χ2v) is 5.59. The van der Waals surface area contributed by atoms with Gasteiger partial charge in [0.15, 0.2) is 0 Å². The first-order valence-corrected chi connectivity index (χ1v) is 7.33. The Bertz CT molecular complexity index is 619. The van der Waals surface area contributed by atoms with Crippen LogP contribution in [0.1, 0.15) is 24.1 Å². The van der Waals surface area contributed by atoms with Crippen molar-refractivity contribution >= 4 is 27.5 Å². The molecule has 0 aliphatic carbocycles. The van der Waals surface area contributed by atoms with Crippen molar-refractivity contribution in [3.05, 3.63) is 68.7 Å². The first kappa shape index (κ1) is 15.4. The molecular formula is C15H13BrClF2N. The molecule has 1 unspecified atom stereocenters. The van der Waals surface area contributed by atoms with Gasteiger partial charge in [0, 0.05) is 5.02 Å². The normalized spacial score (nSPS) is 12.4. The van der Waals surface area contributed by atoms with Gasteiger partial charge in [0.2, 0.25) is 0 Å². The van der Waals surface area contributed by atoms with E-state index in [-0.39, 0.29) is 17.7 Å². The summed E-state index contributed by atoms with van der Waals surface area (Å²) in [5.74, 6) is -0.705. The Hall–Kier alpha value is -0.970. The minimum atomic E-state index is -0.380. The summed E-state index contributed by atoms with van der Waals surface area (Å²) in [5, 5.41) is 3.62. The van der Waals surface area contributed by atoms with Crippen LogP contribution in [0.3, 0.4) is 0 Å². The van der Waals surface area contributed by atoms with Crippen LogP contribution < -0.4 is 5.32 Å². The lowest BCUT2D eigenvalue weighted by Gasteiger charge is -2.20. The monoisotopic (exact) mass is 359 g/mol. The average molecular weight is 361 g/mol. The maximum absolute atomic E-state index is 13.3. The van der Waals surface area contributed by atoms with E-state index in [1.807, 2.05) is 6.92 Å².